The van der Waals surface area contributed by atoms with E-state index in [1.807, 2.05) is 0 Å². The van der Waals surface area contributed by atoms with Crippen LogP contribution in [0.25, 0.3) is 11.1 Å². The van der Waals surface area contributed by atoms with Crippen molar-refractivity contribution in [2.45, 2.75) is 45.1 Å². The summed E-state index contributed by atoms with van der Waals surface area (Å²) in [7, 11) is 0. The molecule has 35 heavy (non-hydrogen) atoms. The Balaban J connectivity index is 1.63. The van der Waals surface area contributed by atoms with Crippen LogP contribution in [-0.2, 0) is 23.0 Å². The van der Waals surface area contributed by atoms with Crippen LogP contribution in [0.3, 0.4) is 0 Å². The summed E-state index contributed by atoms with van der Waals surface area (Å²) in [6.07, 6.45) is 2.19. The van der Waals surface area contributed by atoms with Gasteiger partial charge in [-0.15, -0.1) is 0 Å². The molecule has 1 aliphatic heterocycles. The molecule has 1 aliphatic carbocycles. The van der Waals surface area contributed by atoms with Gasteiger partial charge in [-0.25, -0.2) is 0 Å². The van der Waals surface area contributed by atoms with Crippen molar-refractivity contribution in [3.8, 4) is 16.9 Å². The van der Waals surface area contributed by atoms with Gasteiger partial charge in [0.15, 0.2) is 0 Å². The highest BCUT2D eigenvalue weighted by molar-refractivity contribution is 5.86. The maximum absolute atomic E-state index is 6.17. The fourth-order valence-electron chi connectivity index (χ4n) is 5.89. The van der Waals surface area contributed by atoms with Crippen LogP contribution in [-0.4, -0.2) is 19.3 Å². The van der Waals surface area contributed by atoms with E-state index in [9.17, 15) is 0 Å². The maximum Gasteiger partial charge on any atom is 0.122 e. The van der Waals surface area contributed by atoms with Gasteiger partial charge in [-0.05, 0) is 75.9 Å². The van der Waals surface area contributed by atoms with Crippen LogP contribution in [0.15, 0.2) is 84.9 Å². The molecule has 1 heterocycles. The standard InChI is InChI=1S/C33H32O2/c1-4-23-18-25(15-14-22(23)3)33(26-16-17-32(24(5-2)19-26)35-21-27-20-34-27)30-12-8-6-10-28(30)29-11-7-9-13-31(29)33/h6-19,27H,4-5,20-21H2,1-3H3. The first-order chi connectivity index (χ1) is 17.2. The minimum Gasteiger partial charge on any atom is -0.491 e. The second kappa shape index (κ2) is 8.70. The zero-order chi connectivity index (χ0) is 24.0. The number of aryl methyl sites for hydroxylation is 3. The van der Waals surface area contributed by atoms with Crippen LogP contribution < -0.4 is 4.74 Å². The zero-order valence-corrected chi connectivity index (χ0v) is 20.8. The van der Waals surface area contributed by atoms with Crippen LogP contribution in [0, 0.1) is 6.92 Å². The van der Waals surface area contributed by atoms with Gasteiger partial charge in [0.25, 0.3) is 0 Å². The fourth-order valence-corrected chi connectivity index (χ4v) is 5.89. The third-order valence-electron chi connectivity index (χ3n) is 7.82. The van der Waals surface area contributed by atoms with E-state index in [2.05, 4.69) is 106 Å². The van der Waals surface area contributed by atoms with E-state index < -0.39 is 0 Å². The molecule has 4 aromatic carbocycles. The van der Waals surface area contributed by atoms with Crippen LogP contribution >= 0.6 is 0 Å². The quantitative estimate of drug-likeness (QED) is 0.238. The minimum atomic E-state index is -0.368. The van der Waals surface area contributed by atoms with Crippen LogP contribution in [0.1, 0.15) is 52.8 Å². The predicted molar refractivity (Wildman–Crippen MR) is 142 cm³/mol. The molecule has 2 heteroatoms. The van der Waals surface area contributed by atoms with E-state index in [-0.39, 0.29) is 11.5 Å². The fraction of sp³-hybridized carbons (Fsp3) is 0.273. The van der Waals surface area contributed by atoms with Crippen molar-refractivity contribution in [1.29, 1.82) is 0 Å². The maximum atomic E-state index is 6.17. The number of rotatable bonds is 7. The van der Waals surface area contributed by atoms with Crippen molar-refractivity contribution in [3.05, 3.63) is 124 Å². The number of hydrogen-bond donors (Lipinski definition) is 0. The summed E-state index contributed by atoms with van der Waals surface area (Å²) in [5.41, 5.74) is 11.6. The normalized spacial score (nSPS) is 17.1. The van der Waals surface area contributed by atoms with E-state index >= 15 is 0 Å². The van der Waals surface area contributed by atoms with Gasteiger partial charge >= 0.3 is 0 Å². The van der Waals surface area contributed by atoms with E-state index in [0.717, 1.165) is 25.2 Å². The molecule has 0 N–H and O–H groups in total. The molecule has 1 atom stereocenters. The van der Waals surface area contributed by atoms with Gasteiger partial charge in [0.2, 0.25) is 0 Å². The summed E-state index contributed by atoms with van der Waals surface area (Å²) >= 11 is 0. The monoisotopic (exact) mass is 460 g/mol. The molecule has 0 spiro atoms. The van der Waals surface area contributed by atoms with Gasteiger partial charge < -0.3 is 9.47 Å². The Kier molecular flexibility index (Phi) is 5.50. The summed E-state index contributed by atoms with van der Waals surface area (Å²) in [6, 6.07) is 31.8. The largest absolute Gasteiger partial charge is 0.491 e. The molecule has 0 radical (unpaired) electrons. The van der Waals surface area contributed by atoms with Gasteiger partial charge in [0, 0.05) is 0 Å². The Morgan fingerprint density at radius 3 is 1.94 bits per heavy atom. The molecule has 0 saturated carbocycles. The van der Waals surface area contributed by atoms with Gasteiger partial charge in [0.1, 0.15) is 18.5 Å². The summed E-state index contributed by atoms with van der Waals surface area (Å²) in [6.45, 7) is 8.12. The third-order valence-corrected chi connectivity index (χ3v) is 7.82. The lowest BCUT2D eigenvalue weighted by molar-refractivity contribution is 0.261. The average molecular weight is 461 g/mol. The van der Waals surface area contributed by atoms with Gasteiger partial charge in [0.05, 0.1) is 12.0 Å². The van der Waals surface area contributed by atoms with Gasteiger partial charge in [-0.3, -0.25) is 0 Å². The Bertz CT molecular complexity index is 1350. The molecule has 2 nitrogen and oxygen atoms in total. The predicted octanol–water partition coefficient (Wildman–Crippen LogP) is 7.26. The Morgan fingerprint density at radius 1 is 0.771 bits per heavy atom. The van der Waals surface area contributed by atoms with Gasteiger partial charge in [-0.1, -0.05) is 92.7 Å². The van der Waals surface area contributed by atoms with Crippen molar-refractivity contribution in [2.24, 2.45) is 0 Å². The summed E-state index contributed by atoms with van der Waals surface area (Å²) in [5.74, 6) is 0.972. The van der Waals surface area contributed by atoms with E-state index in [1.54, 1.807) is 0 Å². The molecule has 2 aliphatic rings. The molecule has 1 fully saturated rings. The van der Waals surface area contributed by atoms with Crippen LogP contribution in [0.5, 0.6) is 5.75 Å². The van der Waals surface area contributed by atoms with E-state index in [4.69, 9.17) is 9.47 Å². The molecule has 4 aromatic rings. The number of epoxide rings is 1. The van der Waals surface area contributed by atoms with E-state index in [0.29, 0.717) is 6.61 Å². The molecule has 0 aromatic heterocycles. The third kappa shape index (κ3) is 3.51. The Labute approximate surface area is 208 Å². The molecule has 1 unspecified atom stereocenters. The highest BCUT2D eigenvalue weighted by atomic mass is 16.6. The number of benzene rings is 4. The highest BCUT2D eigenvalue weighted by Crippen LogP contribution is 2.56. The minimum absolute atomic E-state index is 0.249. The average Bonchev–Trinajstić information content (AvgIpc) is 3.69. The number of fused-ring (bicyclic) bond motifs is 3. The highest BCUT2D eigenvalue weighted by Gasteiger charge is 2.46. The summed E-state index contributed by atoms with van der Waals surface area (Å²) in [5, 5.41) is 0. The van der Waals surface area contributed by atoms with Crippen LogP contribution in [0.2, 0.25) is 0 Å². The van der Waals surface area contributed by atoms with Crippen LogP contribution in [0.4, 0.5) is 0 Å². The van der Waals surface area contributed by atoms with Crippen molar-refractivity contribution in [3.63, 3.8) is 0 Å². The lowest BCUT2D eigenvalue weighted by Gasteiger charge is -2.35. The summed E-state index contributed by atoms with van der Waals surface area (Å²) < 4.78 is 11.5. The smallest absolute Gasteiger partial charge is 0.122 e. The number of ether oxygens (including phenoxy) is 2. The first kappa shape index (κ1) is 22.1. The lowest BCUT2D eigenvalue weighted by atomic mass is 9.67. The van der Waals surface area contributed by atoms with Crippen molar-refractivity contribution >= 4 is 0 Å². The Morgan fingerprint density at radius 2 is 1.34 bits per heavy atom. The second-order valence-corrected chi connectivity index (χ2v) is 9.78. The van der Waals surface area contributed by atoms with Crippen molar-refractivity contribution < 1.29 is 9.47 Å². The van der Waals surface area contributed by atoms with E-state index in [1.165, 1.54) is 50.1 Å². The van der Waals surface area contributed by atoms with Crippen molar-refractivity contribution in [2.75, 3.05) is 13.2 Å². The molecular formula is C33H32O2. The number of hydrogen-bond acceptors (Lipinski definition) is 2. The molecule has 1 saturated heterocycles. The SMILES string of the molecule is CCc1cc(C2(c3ccc(OCC4CO4)c(CC)c3)c3ccccc3-c3ccccc32)ccc1C. The first-order valence-corrected chi connectivity index (χ1v) is 12.8. The first-order valence-electron chi connectivity index (χ1n) is 12.8. The summed E-state index contributed by atoms with van der Waals surface area (Å²) in [4.78, 5) is 0. The molecular weight excluding hydrogens is 428 g/mol. The molecule has 6 rings (SSSR count). The Hall–Kier alpha value is -3.36. The van der Waals surface area contributed by atoms with Gasteiger partial charge in [-0.2, -0.15) is 0 Å². The zero-order valence-electron chi connectivity index (χ0n) is 20.8. The molecule has 0 amide bonds. The lowest BCUT2D eigenvalue weighted by Crippen LogP contribution is -2.29. The topological polar surface area (TPSA) is 21.8 Å². The van der Waals surface area contributed by atoms with Crippen molar-refractivity contribution in [1.82, 2.24) is 0 Å². The molecule has 0 bridgehead atoms. The second-order valence-electron chi connectivity index (χ2n) is 9.78. The molecule has 176 valence electrons.